The van der Waals surface area contributed by atoms with Gasteiger partial charge in [-0.2, -0.15) is 0 Å². The Bertz CT molecular complexity index is 321. The minimum Gasteiger partial charge on any atom is -0.212 e. The van der Waals surface area contributed by atoms with Crippen molar-refractivity contribution in [1.29, 1.82) is 0 Å². The summed E-state index contributed by atoms with van der Waals surface area (Å²) in [4.78, 5) is 0. The summed E-state index contributed by atoms with van der Waals surface area (Å²) in [5, 5.41) is 5.95. The number of hydrogen-bond donors (Lipinski definition) is 0. The molecule has 0 radical (unpaired) electrons. The molecule has 0 spiro atoms. The van der Waals surface area contributed by atoms with E-state index < -0.39 is 0 Å². The number of allylic oxidation sites excluding steroid dienone is 2. The van der Waals surface area contributed by atoms with Crippen LogP contribution in [0.25, 0.3) is 0 Å². The van der Waals surface area contributed by atoms with Crippen LogP contribution in [-0.2, 0) is 0 Å². The fourth-order valence-electron chi connectivity index (χ4n) is 2.02. The van der Waals surface area contributed by atoms with Crippen molar-refractivity contribution < 1.29 is 4.39 Å². The first-order chi connectivity index (χ1) is 6.81. The highest BCUT2D eigenvalue weighted by Gasteiger charge is 2.26. The maximum atomic E-state index is 13.2. The molecular weight excluding hydrogens is 199 g/mol. The highest BCUT2D eigenvalue weighted by molar-refractivity contribution is 7.03. The van der Waals surface area contributed by atoms with Crippen LogP contribution >= 0.6 is 11.5 Å². The molecule has 1 aromatic heterocycles. The van der Waals surface area contributed by atoms with E-state index in [1.165, 1.54) is 11.5 Å². The van der Waals surface area contributed by atoms with Crippen molar-refractivity contribution in [1.82, 2.24) is 9.59 Å². The van der Waals surface area contributed by atoms with E-state index >= 15 is 0 Å². The van der Waals surface area contributed by atoms with Crippen molar-refractivity contribution in [3.05, 3.63) is 23.0 Å². The first-order valence-electron chi connectivity index (χ1n) is 4.94. The van der Waals surface area contributed by atoms with Crippen LogP contribution in [0.2, 0.25) is 0 Å². The van der Waals surface area contributed by atoms with Crippen LogP contribution < -0.4 is 0 Å². The third kappa shape index (κ3) is 1.85. The Morgan fingerprint density at radius 1 is 1.64 bits per heavy atom. The van der Waals surface area contributed by atoms with E-state index in [2.05, 4.69) is 16.5 Å². The predicted molar refractivity (Wildman–Crippen MR) is 54.9 cm³/mol. The van der Waals surface area contributed by atoms with Crippen LogP contribution in [0.5, 0.6) is 0 Å². The van der Waals surface area contributed by atoms with E-state index in [0.717, 1.165) is 18.5 Å². The van der Waals surface area contributed by atoms with Gasteiger partial charge in [0.2, 0.25) is 0 Å². The lowest BCUT2D eigenvalue weighted by atomic mass is 9.80. The average Bonchev–Trinajstić information content (AvgIpc) is 2.70. The molecule has 0 fully saturated rings. The van der Waals surface area contributed by atoms with Crippen molar-refractivity contribution in [2.24, 2.45) is 5.92 Å². The standard InChI is InChI=1S/C10H13FN2S/c1-2-7-3-4-8(11)5-9(7)10-6-14-13-12-10/h5-7,9H,2-4H2,1H3. The summed E-state index contributed by atoms with van der Waals surface area (Å²) in [6, 6.07) is 0. The summed E-state index contributed by atoms with van der Waals surface area (Å²) in [5.41, 5.74) is 0.928. The zero-order valence-electron chi connectivity index (χ0n) is 8.11. The van der Waals surface area contributed by atoms with Crippen LogP contribution in [0.15, 0.2) is 17.3 Å². The molecule has 0 saturated carbocycles. The van der Waals surface area contributed by atoms with Gasteiger partial charge < -0.3 is 0 Å². The van der Waals surface area contributed by atoms with Crippen molar-refractivity contribution in [2.75, 3.05) is 0 Å². The molecule has 4 heteroatoms. The quantitative estimate of drug-likeness (QED) is 0.751. The van der Waals surface area contributed by atoms with Gasteiger partial charge in [-0.3, -0.25) is 0 Å². The minimum absolute atomic E-state index is 0.00713. The number of nitrogens with zero attached hydrogens (tertiary/aromatic N) is 2. The summed E-state index contributed by atoms with van der Waals surface area (Å²) in [6.45, 7) is 2.15. The largest absolute Gasteiger partial charge is 0.212 e. The molecule has 0 bridgehead atoms. The van der Waals surface area contributed by atoms with E-state index in [1.807, 2.05) is 5.38 Å². The first kappa shape index (κ1) is 9.77. The smallest absolute Gasteiger partial charge is 0.0966 e. The van der Waals surface area contributed by atoms with Gasteiger partial charge >= 0.3 is 0 Å². The number of rotatable bonds is 2. The fourth-order valence-corrected chi connectivity index (χ4v) is 2.52. The van der Waals surface area contributed by atoms with E-state index in [0.29, 0.717) is 12.3 Å². The van der Waals surface area contributed by atoms with Gasteiger partial charge in [-0.1, -0.05) is 17.8 Å². The molecular formula is C10H13FN2S. The molecule has 14 heavy (non-hydrogen) atoms. The molecule has 2 unspecified atom stereocenters. The van der Waals surface area contributed by atoms with Crippen LogP contribution in [-0.4, -0.2) is 9.59 Å². The molecule has 1 aliphatic rings. The molecule has 0 N–H and O–H groups in total. The molecule has 0 aromatic carbocycles. The summed E-state index contributed by atoms with van der Waals surface area (Å²) in [6.07, 6.45) is 4.31. The molecule has 2 nitrogen and oxygen atoms in total. The van der Waals surface area contributed by atoms with E-state index in [1.54, 1.807) is 6.08 Å². The predicted octanol–water partition coefficient (Wildman–Crippen LogP) is 3.30. The molecule has 0 aliphatic heterocycles. The lowest BCUT2D eigenvalue weighted by molar-refractivity contribution is 0.371. The Kier molecular flexibility index (Phi) is 2.91. The number of aromatic nitrogens is 2. The molecule has 76 valence electrons. The highest BCUT2D eigenvalue weighted by Crippen LogP contribution is 2.37. The minimum atomic E-state index is 0.00713. The highest BCUT2D eigenvalue weighted by atomic mass is 32.1. The Morgan fingerprint density at radius 3 is 3.14 bits per heavy atom. The lowest BCUT2D eigenvalue weighted by Gasteiger charge is -2.25. The molecule has 1 heterocycles. The topological polar surface area (TPSA) is 25.8 Å². The maximum absolute atomic E-state index is 13.2. The Balaban J connectivity index is 2.25. The van der Waals surface area contributed by atoms with Gasteiger partial charge in [0, 0.05) is 11.3 Å². The molecule has 0 amide bonds. The van der Waals surface area contributed by atoms with Gasteiger partial charge in [-0.25, -0.2) is 4.39 Å². The van der Waals surface area contributed by atoms with Gasteiger partial charge in [0.1, 0.15) is 0 Å². The van der Waals surface area contributed by atoms with Crippen LogP contribution in [0.3, 0.4) is 0 Å². The Labute approximate surface area is 87.0 Å². The van der Waals surface area contributed by atoms with E-state index in [9.17, 15) is 4.39 Å². The monoisotopic (exact) mass is 212 g/mol. The summed E-state index contributed by atoms with van der Waals surface area (Å²) in [5.74, 6) is 0.679. The van der Waals surface area contributed by atoms with Crippen molar-refractivity contribution in [2.45, 2.75) is 32.1 Å². The second kappa shape index (κ2) is 4.17. The number of hydrogen-bond acceptors (Lipinski definition) is 3. The second-order valence-corrected chi connectivity index (χ2v) is 4.29. The molecule has 1 aromatic rings. The lowest BCUT2D eigenvalue weighted by Crippen LogP contribution is -2.15. The van der Waals surface area contributed by atoms with Gasteiger partial charge in [-0.05, 0) is 36.4 Å². The normalized spacial score (nSPS) is 27.4. The second-order valence-electron chi connectivity index (χ2n) is 3.68. The Morgan fingerprint density at radius 2 is 2.50 bits per heavy atom. The number of halogens is 1. The molecule has 2 atom stereocenters. The molecule has 2 rings (SSSR count). The summed E-state index contributed by atoms with van der Waals surface area (Å²) in [7, 11) is 0. The zero-order chi connectivity index (χ0) is 9.97. The van der Waals surface area contributed by atoms with Gasteiger partial charge in [0.15, 0.2) is 0 Å². The third-order valence-corrected chi connectivity index (χ3v) is 3.39. The zero-order valence-corrected chi connectivity index (χ0v) is 8.93. The summed E-state index contributed by atoms with van der Waals surface area (Å²) >= 11 is 1.33. The molecule has 1 aliphatic carbocycles. The van der Waals surface area contributed by atoms with Gasteiger partial charge in [0.05, 0.1) is 11.5 Å². The van der Waals surface area contributed by atoms with Crippen LogP contribution in [0, 0.1) is 5.92 Å². The third-order valence-electron chi connectivity index (χ3n) is 2.87. The van der Waals surface area contributed by atoms with Crippen molar-refractivity contribution in [3.8, 4) is 0 Å². The van der Waals surface area contributed by atoms with Crippen LogP contribution in [0.1, 0.15) is 37.8 Å². The van der Waals surface area contributed by atoms with Crippen molar-refractivity contribution >= 4 is 11.5 Å². The molecule has 0 saturated heterocycles. The van der Waals surface area contributed by atoms with Gasteiger partial charge in [-0.15, -0.1) is 5.10 Å². The Hall–Kier alpha value is -0.770. The van der Waals surface area contributed by atoms with Crippen molar-refractivity contribution in [3.63, 3.8) is 0 Å². The van der Waals surface area contributed by atoms with E-state index in [4.69, 9.17) is 0 Å². The van der Waals surface area contributed by atoms with Gasteiger partial charge in [0.25, 0.3) is 0 Å². The average molecular weight is 212 g/mol. The maximum Gasteiger partial charge on any atom is 0.0966 e. The SMILES string of the molecule is CCC1CCC(F)=CC1c1csnn1. The van der Waals surface area contributed by atoms with E-state index in [-0.39, 0.29) is 11.7 Å². The van der Waals surface area contributed by atoms with Crippen LogP contribution in [0.4, 0.5) is 4.39 Å². The summed E-state index contributed by atoms with van der Waals surface area (Å²) < 4.78 is 17.0. The first-order valence-corrected chi connectivity index (χ1v) is 5.78. The fraction of sp³-hybridized carbons (Fsp3) is 0.600.